The van der Waals surface area contributed by atoms with Crippen LogP contribution in [-0.4, -0.2) is 22.8 Å². The van der Waals surface area contributed by atoms with Gasteiger partial charge in [-0.25, -0.2) is 4.98 Å². The number of rotatable bonds is 2. The van der Waals surface area contributed by atoms with Crippen molar-refractivity contribution in [3.05, 3.63) is 28.1 Å². The van der Waals surface area contributed by atoms with E-state index in [9.17, 15) is 9.59 Å². The van der Waals surface area contributed by atoms with E-state index in [1.54, 1.807) is 11.3 Å². The van der Waals surface area contributed by atoms with Gasteiger partial charge in [-0.15, -0.1) is 17.8 Å². The number of Topliss-reactive ketones (excluding diaryl/α,β-unsaturated/α-hetero) is 1. The Kier molecular flexibility index (Phi) is 13.2. The number of carbonyl (C=O) groups excluding carboxylic acids is 2. The summed E-state index contributed by atoms with van der Waals surface area (Å²) in [5.74, 6) is 0.667. The predicted octanol–water partition coefficient (Wildman–Crippen LogP) is 8.10. The van der Waals surface area contributed by atoms with Crippen LogP contribution in [0.3, 0.4) is 0 Å². The van der Waals surface area contributed by atoms with Gasteiger partial charge < -0.3 is 11.2 Å². The van der Waals surface area contributed by atoms with Gasteiger partial charge in [-0.05, 0) is 43.3 Å². The maximum atomic E-state index is 13.5. The number of hydrogen-bond donors (Lipinski definition) is 0. The van der Waals surface area contributed by atoms with Crippen LogP contribution in [0.1, 0.15) is 105 Å². The molecule has 1 saturated heterocycles. The molecule has 1 radical (unpaired) electrons. The second kappa shape index (κ2) is 14.1. The Morgan fingerprint density at radius 3 is 2.39 bits per heavy atom. The summed E-state index contributed by atoms with van der Waals surface area (Å²) in [4.78, 5) is 31.2. The summed E-state index contributed by atoms with van der Waals surface area (Å²) in [5.41, 5.74) is 1.36. The molecule has 4 nitrogen and oxygen atoms in total. The fraction of sp³-hybridized carbons (Fsp3) is 0.733. The molecule has 0 N–H and O–H groups in total. The van der Waals surface area contributed by atoms with Crippen molar-refractivity contribution in [3.8, 4) is 0 Å². The zero-order valence-corrected chi connectivity index (χ0v) is 28.0. The Labute approximate surface area is 249 Å². The minimum atomic E-state index is -0.587. The molecule has 5 unspecified atom stereocenters. The van der Waals surface area contributed by atoms with Crippen molar-refractivity contribution < 1.29 is 47.0 Å². The largest absolute Gasteiger partial charge is 0.461 e. The Balaban J connectivity index is 0.00000648. The molecule has 0 spiro atoms. The molecule has 1 aromatic rings. The smallest absolute Gasteiger partial charge is 0.306 e. The maximum Gasteiger partial charge on any atom is 0.306 e. The molecule has 1 aliphatic rings. The van der Waals surface area contributed by atoms with Crippen molar-refractivity contribution in [2.75, 3.05) is 0 Å². The molecule has 1 fully saturated rings. The molecule has 2 rings (SSSR count). The number of cyclic esters (lactones) is 1. The molecule has 0 saturated carbocycles. The van der Waals surface area contributed by atoms with Crippen molar-refractivity contribution in [1.29, 1.82) is 0 Å². The number of aryl methyl sites for hydroxylation is 1. The number of aromatic nitrogens is 1. The first kappa shape index (κ1) is 33.6. The van der Waals surface area contributed by atoms with Gasteiger partial charge in [-0.1, -0.05) is 74.7 Å². The van der Waals surface area contributed by atoms with Crippen LogP contribution in [0.2, 0.25) is 0 Å². The summed E-state index contributed by atoms with van der Waals surface area (Å²) < 4.78 is 6.08. The van der Waals surface area contributed by atoms with E-state index in [-0.39, 0.29) is 74.2 Å². The van der Waals surface area contributed by atoms with Crippen molar-refractivity contribution in [3.63, 3.8) is 0 Å². The summed E-state index contributed by atoms with van der Waals surface area (Å²) in [6.45, 7) is 21.1. The standard InChI is InChI=1S/C30H48NO3S.Y/c1-19-12-11-14-29(7,8)15-13-26(20(2)16-25-18-35-24(6)31-25)34-27(32)17-21(3)30(9,10)28(33)23(5)22(19)4;/h15-16,18-19,21-23,26H,11-14,17H2,1-10H3;/q-1;/b20-16+;. The molecular formula is C30H48NO3SY-. The molecule has 0 bridgehead atoms. The third-order valence-corrected chi connectivity index (χ3v) is 9.39. The van der Waals surface area contributed by atoms with Crippen LogP contribution in [0.5, 0.6) is 0 Å². The molecule has 36 heavy (non-hydrogen) atoms. The number of thiazole rings is 1. The van der Waals surface area contributed by atoms with Gasteiger partial charge in [0.25, 0.3) is 0 Å². The van der Waals surface area contributed by atoms with E-state index in [1.807, 2.05) is 46.1 Å². The van der Waals surface area contributed by atoms with Crippen LogP contribution in [0.25, 0.3) is 6.08 Å². The topological polar surface area (TPSA) is 56.3 Å². The number of ether oxygens (including phenoxy) is 1. The minimum Gasteiger partial charge on any atom is -0.461 e. The number of nitrogens with zero attached hydrogens (tertiary/aromatic N) is 1. The molecule has 2 heterocycles. The summed E-state index contributed by atoms with van der Waals surface area (Å²) in [7, 11) is 0. The minimum absolute atomic E-state index is 0. The molecule has 6 heteroatoms. The monoisotopic (exact) mass is 591 g/mol. The Bertz CT molecular complexity index is 904. The molecule has 0 aromatic carbocycles. The van der Waals surface area contributed by atoms with Gasteiger partial charge in [0, 0.05) is 55.8 Å². The van der Waals surface area contributed by atoms with Gasteiger partial charge in [0.05, 0.1) is 16.8 Å². The maximum absolute atomic E-state index is 13.5. The zero-order valence-electron chi connectivity index (χ0n) is 24.3. The van der Waals surface area contributed by atoms with Crippen LogP contribution < -0.4 is 0 Å². The molecule has 5 atom stereocenters. The predicted molar refractivity (Wildman–Crippen MR) is 147 cm³/mol. The third kappa shape index (κ3) is 9.42. The normalized spacial score (nSPS) is 30.8. The first-order valence-electron chi connectivity index (χ1n) is 13.3. The van der Waals surface area contributed by atoms with Gasteiger partial charge in [-0.3, -0.25) is 9.59 Å². The van der Waals surface area contributed by atoms with Gasteiger partial charge in [-0.2, -0.15) is 5.41 Å². The summed E-state index contributed by atoms with van der Waals surface area (Å²) in [6, 6.07) is 0. The van der Waals surface area contributed by atoms with E-state index in [2.05, 4.69) is 46.0 Å². The number of hydrogen-bond acceptors (Lipinski definition) is 5. The summed E-state index contributed by atoms with van der Waals surface area (Å²) in [6.07, 6.45) is 8.24. The SMILES string of the molecule is C/C(=C\c1csc(C)n1)C1C[CH-]C(C)(C)CCCC(C)C(C)C(C)C(=O)C(C)(C)C(C)CC(=O)O1.[Y]. The van der Waals surface area contributed by atoms with E-state index in [0.29, 0.717) is 18.3 Å². The molecule has 201 valence electrons. The number of esters is 1. The van der Waals surface area contributed by atoms with Crippen LogP contribution >= 0.6 is 11.3 Å². The molecule has 0 aliphatic carbocycles. The molecular weight excluding hydrogens is 543 g/mol. The number of ketones is 1. The van der Waals surface area contributed by atoms with E-state index >= 15 is 0 Å². The average Bonchev–Trinajstić information content (AvgIpc) is 3.18. The molecule has 1 aliphatic heterocycles. The summed E-state index contributed by atoms with van der Waals surface area (Å²) >= 11 is 1.62. The van der Waals surface area contributed by atoms with Crippen LogP contribution in [0.4, 0.5) is 0 Å². The van der Waals surface area contributed by atoms with E-state index < -0.39 is 5.41 Å². The van der Waals surface area contributed by atoms with Crippen LogP contribution in [-0.2, 0) is 47.0 Å². The third-order valence-electron chi connectivity index (χ3n) is 8.60. The van der Waals surface area contributed by atoms with Gasteiger partial charge in [0.1, 0.15) is 5.78 Å². The van der Waals surface area contributed by atoms with E-state index in [4.69, 9.17) is 4.74 Å². The van der Waals surface area contributed by atoms with Crippen LogP contribution in [0, 0.1) is 47.8 Å². The van der Waals surface area contributed by atoms with E-state index in [1.165, 1.54) is 0 Å². The van der Waals surface area contributed by atoms with Gasteiger partial charge in [0.15, 0.2) is 0 Å². The van der Waals surface area contributed by atoms with Crippen LogP contribution in [0.15, 0.2) is 11.0 Å². The molecule has 0 amide bonds. The Morgan fingerprint density at radius 2 is 1.81 bits per heavy atom. The van der Waals surface area contributed by atoms with Gasteiger partial charge in [0.2, 0.25) is 0 Å². The Morgan fingerprint density at radius 1 is 1.17 bits per heavy atom. The van der Waals surface area contributed by atoms with Crippen molar-refractivity contribution in [1.82, 2.24) is 4.98 Å². The summed E-state index contributed by atoms with van der Waals surface area (Å²) in [5, 5.41) is 3.05. The fourth-order valence-electron chi connectivity index (χ4n) is 5.04. The first-order valence-corrected chi connectivity index (χ1v) is 14.2. The average molecular weight is 592 g/mol. The fourth-order valence-corrected chi connectivity index (χ4v) is 5.61. The first-order chi connectivity index (χ1) is 16.1. The van der Waals surface area contributed by atoms with E-state index in [0.717, 1.165) is 35.5 Å². The van der Waals surface area contributed by atoms with Crippen molar-refractivity contribution in [2.24, 2.45) is 34.5 Å². The second-order valence-electron chi connectivity index (χ2n) is 12.3. The van der Waals surface area contributed by atoms with Crippen molar-refractivity contribution >= 4 is 29.2 Å². The molecule has 1 aromatic heterocycles. The van der Waals surface area contributed by atoms with Gasteiger partial charge >= 0.3 is 5.97 Å². The number of carbonyl (C=O) groups is 2. The second-order valence-corrected chi connectivity index (χ2v) is 13.4. The Hall–Kier alpha value is -0.386. The van der Waals surface area contributed by atoms with Crippen molar-refractivity contribution in [2.45, 2.75) is 107 Å². The quantitative estimate of drug-likeness (QED) is 0.258. The zero-order chi connectivity index (χ0) is 26.6.